The number of hydrogen-bond acceptors (Lipinski definition) is 5. The Balaban J connectivity index is 1.67. The Morgan fingerprint density at radius 1 is 1.12 bits per heavy atom. The van der Waals surface area contributed by atoms with Crippen LogP contribution in [0.1, 0.15) is 41.6 Å². The molecule has 1 aromatic carbocycles. The topological polar surface area (TPSA) is 81.8 Å². The van der Waals surface area contributed by atoms with E-state index in [0.717, 1.165) is 67.1 Å². The zero-order chi connectivity index (χ0) is 22.1. The van der Waals surface area contributed by atoms with Crippen molar-refractivity contribution in [1.82, 2.24) is 24.9 Å². The van der Waals surface area contributed by atoms with Crippen LogP contribution in [0.25, 0.3) is 44.2 Å². The maximum Gasteiger partial charge on any atom is 0.141 e. The van der Waals surface area contributed by atoms with Gasteiger partial charge in [-0.15, -0.1) is 0 Å². The van der Waals surface area contributed by atoms with Crippen molar-refractivity contribution >= 4 is 21.8 Å². The van der Waals surface area contributed by atoms with Crippen LogP contribution < -0.4 is 4.74 Å². The van der Waals surface area contributed by atoms with Crippen LogP contribution in [-0.2, 0) is 7.05 Å². The van der Waals surface area contributed by atoms with Crippen molar-refractivity contribution in [3.05, 3.63) is 47.2 Å². The number of nitrogens with zero attached hydrogens (tertiary/aromatic N) is 4. The van der Waals surface area contributed by atoms with Crippen LogP contribution in [0.3, 0.4) is 0 Å². The number of benzene rings is 1. The summed E-state index contributed by atoms with van der Waals surface area (Å²) in [6.07, 6.45) is 4.27. The summed E-state index contributed by atoms with van der Waals surface area (Å²) in [5.74, 6) is 2.10. The van der Waals surface area contributed by atoms with Gasteiger partial charge in [0.05, 0.1) is 35.3 Å². The molecule has 4 aromatic heterocycles. The van der Waals surface area contributed by atoms with Crippen LogP contribution in [0.2, 0.25) is 0 Å². The number of fused-ring (bicyclic) bond motifs is 3. The van der Waals surface area contributed by atoms with Crippen LogP contribution in [-0.4, -0.2) is 32.0 Å². The molecule has 7 nitrogen and oxygen atoms in total. The number of aromatic nitrogens is 5. The molecule has 0 aliphatic heterocycles. The highest BCUT2D eigenvalue weighted by Gasteiger charge is 2.32. The molecule has 1 aliphatic rings. The van der Waals surface area contributed by atoms with Gasteiger partial charge >= 0.3 is 0 Å². The summed E-state index contributed by atoms with van der Waals surface area (Å²) in [6.45, 7) is 6.00. The van der Waals surface area contributed by atoms with Gasteiger partial charge in [0.1, 0.15) is 11.5 Å². The van der Waals surface area contributed by atoms with Gasteiger partial charge in [-0.25, -0.2) is 0 Å². The minimum absolute atomic E-state index is 0.535. The van der Waals surface area contributed by atoms with Gasteiger partial charge in [-0.2, -0.15) is 5.10 Å². The second kappa shape index (κ2) is 6.69. The van der Waals surface area contributed by atoms with Crippen molar-refractivity contribution in [2.24, 2.45) is 7.05 Å². The molecule has 0 spiro atoms. The highest BCUT2D eigenvalue weighted by atomic mass is 16.5. The highest BCUT2D eigenvalue weighted by Crippen LogP contribution is 2.47. The van der Waals surface area contributed by atoms with Crippen LogP contribution in [0.15, 0.2) is 28.9 Å². The van der Waals surface area contributed by atoms with Crippen LogP contribution in [0, 0.1) is 20.8 Å². The fraction of sp³-hybridized carbons (Fsp3) is 0.320. The van der Waals surface area contributed by atoms with E-state index in [-0.39, 0.29) is 0 Å². The van der Waals surface area contributed by atoms with E-state index in [1.54, 1.807) is 7.11 Å². The molecule has 4 heterocycles. The van der Waals surface area contributed by atoms with E-state index in [0.29, 0.717) is 5.92 Å². The highest BCUT2D eigenvalue weighted by molar-refractivity contribution is 6.15. The Kier molecular flexibility index (Phi) is 4.00. The van der Waals surface area contributed by atoms with E-state index in [4.69, 9.17) is 19.3 Å². The second-order valence-corrected chi connectivity index (χ2v) is 8.75. The van der Waals surface area contributed by atoms with Gasteiger partial charge in [-0.1, -0.05) is 5.16 Å². The summed E-state index contributed by atoms with van der Waals surface area (Å²) >= 11 is 0. The molecule has 0 amide bonds. The van der Waals surface area contributed by atoms with Gasteiger partial charge in [0.25, 0.3) is 0 Å². The van der Waals surface area contributed by atoms with Crippen LogP contribution in [0.5, 0.6) is 5.75 Å². The standard InChI is InChI=1S/C25H25N5O2/c1-12-21(14(3)32-29-12)17-10-19-16(11-20(17)31-5)23-18(27-19)8-9-26-25(23)22-13(2)30(4)28-24(22)15-6-7-15/h8-11,15,27H,6-7H2,1-5H3. The van der Waals surface area contributed by atoms with Gasteiger partial charge in [0.15, 0.2) is 0 Å². The Morgan fingerprint density at radius 2 is 1.94 bits per heavy atom. The molecule has 0 saturated heterocycles. The van der Waals surface area contributed by atoms with Crippen molar-refractivity contribution in [3.63, 3.8) is 0 Å². The Hall–Kier alpha value is -3.61. The van der Waals surface area contributed by atoms with E-state index in [9.17, 15) is 0 Å². The van der Waals surface area contributed by atoms with E-state index in [1.165, 1.54) is 18.5 Å². The third-order valence-corrected chi connectivity index (χ3v) is 6.69. The zero-order valence-corrected chi connectivity index (χ0v) is 18.9. The number of rotatable bonds is 4. The number of hydrogen-bond donors (Lipinski definition) is 1. The lowest BCUT2D eigenvalue weighted by Gasteiger charge is -2.10. The predicted octanol–water partition coefficient (Wildman–Crippen LogP) is 5.58. The molecule has 162 valence electrons. The van der Waals surface area contributed by atoms with Crippen molar-refractivity contribution in [3.8, 4) is 28.1 Å². The Morgan fingerprint density at radius 3 is 2.62 bits per heavy atom. The van der Waals surface area contributed by atoms with Gasteiger partial charge in [-0.05, 0) is 51.8 Å². The quantitative estimate of drug-likeness (QED) is 0.405. The lowest BCUT2D eigenvalue weighted by Crippen LogP contribution is -1.93. The summed E-state index contributed by atoms with van der Waals surface area (Å²) in [5.41, 5.74) is 9.31. The first-order valence-electron chi connectivity index (χ1n) is 10.9. The minimum atomic E-state index is 0.535. The molecule has 0 radical (unpaired) electrons. The summed E-state index contributed by atoms with van der Waals surface area (Å²) in [4.78, 5) is 8.46. The average Bonchev–Trinajstić information content (AvgIpc) is 3.40. The predicted molar refractivity (Wildman–Crippen MR) is 124 cm³/mol. The molecule has 6 rings (SSSR count). The van der Waals surface area contributed by atoms with E-state index >= 15 is 0 Å². The molecule has 32 heavy (non-hydrogen) atoms. The van der Waals surface area contributed by atoms with Crippen LogP contribution >= 0.6 is 0 Å². The SMILES string of the molecule is COc1cc2c(cc1-c1c(C)noc1C)[nH]c1ccnc(-c3c(C4CC4)nn(C)c3C)c12. The molecule has 1 N–H and O–H groups in total. The fourth-order valence-electron chi connectivity index (χ4n) is 4.86. The second-order valence-electron chi connectivity index (χ2n) is 8.75. The lowest BCUT2D eigenvalue weighted by atomic mass is 9.98. The Bertz CT molecular complexity index is 1500. The van der Waals surface area contributed by atoms with Crippen molar-refractivity contribution < 1.29 is 9.26 Å². The van der Waals surface area contributed by atoms with E-state index in [2.05, 4.69) is 29.2 Å². The van der Waals surface area contributed by atoms with Gasteiger partial charge in [-0.3, -0.25) is 9.67 Å². The molecule has 0 bridgehead atoms. The summed E-state index contributed by atoms with van der Waals surface area (Å²) in [5, 5.41) is 11.2. The van der Waals surface area contributed by atoms with E-state index < -0.39 is 0 Å². The van der Waals surface area contributed by atoms with Gasteiger partial charge in [0.2, 0.25) is 0 Å². The molecule has 0 atom stereocenters. The number of pyridine rings is 1. The maximum atomic E-state index is 5.83. The average molecular weight is 428 g/mol. The maximum absolute atomic E-state index is 5.83. The fourth-order valence-corrected chi connectivity index (χ4v) is 4.86. The molecule has 7 heteroatoms. The molecule has 5 aromatic rings. The normalized spacial score (nSPS) is 14.0. The van der Waals surface area contributed by atoms with Crippen molar-refractivity contribution in [1.29, 1.82) is 0 Å². The zero-order valence-electron chi connectivity index (χ0n) is 18.9. The first kappa shape index (κ1) is 19.1. The van der Waals surface area contributed by atoms with E-state index in [1.807, 2.05) is 37.8 Å². The van der Waals surface area contributed by atoms with Gasteiger partial charge < -0.3 is 14.2 Å². The lowest BCUT2D eigenvalue weighted by molar-refractivity contribution is 0.393. The number of nitrogens with one attached hydrogen (secondary N) is 1. The number of H-pyrrole nitrogens is 1. The molecule has 1 fully saturated rings. The monoisotopic (exact) mass is 427 g/mol. The Labute approximate surface area is 185 Å². The first-order valence-corrected chi connectivity index (χ1v) is 10.9. The summed E-state index contributed by atoms with van der Waals surface area (Å²) in [7, 11) is 3.71. The van der Waals surface area contributed by atoms with Crippen LogP contribution in [0.4, 0.5) is 0 Å². The van der Waals surface area contributed by atoms with Gasteiger partial charge in [0, 0.05) is 52.3 Å². The first-order chi connectivity index (χ1) is 15.5. The van der Waals surface area contributed by atoms with Crippen molar-refractivity contribution in [2.45, 2.75) is 39.5 Å². The largest absolute Gasteiger partial charge is 0.496 e. The molecular weight excluding hydrogens is 402 g/mol. The summed E-state index contributed by atoms with van der Waals surface area (Å²) < 4.78 is 13.2. The molecule has 1 saturated carbocycles. The summed E-state index contributed by atoms with van der Waals surface area (Å²) in [6, 6.07) is 6.26. The minimum Gasteiger partial charge on any atom is -0.496 e. The third-order valence-electron chi connectivity index (χ3n) is 6.69. The smallest absolute Gasteiger partial charge is 0.141 e. The number of ether oxygens (including phenoxy) is 1. The third kappa shape index (κ3) is 2.63. The molecule has 1 aliphatic carbocycles. The van der Waals surface area contributed by atoms with Crippen molar-refractivity contribution in [2.75, 3.05) is 7.11 Å². The molecular formula is C25H25N5O2. The number of aryl methyl sites for hydroxylation is 3. The number of aromatic amines is 1. The number of methoxy groups -OCH3 is 1. The molecule has 0 unspecified atom stereocenters.